The fourth-order valence-electron chi connectivity index (χ4n) is 2.71. The van der Waals surface area contributed by atoms with Crippen molar-refractivity contribution in [2.45, 2.75) is 23.9 Å². The third-order valence-electron chi connectivity index (χ3n) is 4.23. The van der Waals surface area contributed by atoms with Crippen LogP contribution < -0.4 is 10.9 Å². The summed E-state index contributed by atoms with van der Waals surface area (Å²) in [5.74, 6) is 0.630. The van der Waals surface area contributed by atoms with Crippen molar-refractivity contribution in [3.8, 4) is 0 Å². The predicted molar refractivity (Wildman–Crippen MR) is 111 cm³/mol. The Balaban J connectivity index is 1.54. The molecule has 0 amide bonds. The highest BCUT2D eigenvalue weighted by Crippen LogP contribution is 2.32. The average molecular weight is 396 g/mol. The Morgan fingerprint density at radius 3 is 2.67 bits per heavy atom. The van der Waals surface area contributed by atoms with E-state index in [0.29, 0.717) is 11.3 Å². The van der Waals surface area contributed by atoms with Crippen molar-refractivity contribution in [1.82, 2.24) is 10.2 Å². The first kappa shape index (κ1) is 17.8. The highest BCUT2D eigenvalue weighted by molar-refractivity contribution is 8.00. The second-order valence-corrected chi connectivity index (χ2v) is 8.38. The molecule has 0 radical (unpaired) electrons. The Labute approximate surface area is 164 Å². The molecule has 2 aromatic carbocycles. The minimum absolute atomic E-state index is 0.329. The molecular formula is C20H17N3O2S2. The van der Waals surface area contributed by atoms with Crippen LogP contribution in [-0.4, -0.2) is 10.2 Å². The molecule has 2 heterocycles. The lowest BCUT2D eigenvalue weighted by Gasteiger charge is -2.07. The molecule has 0 unspecified atom stereocenters. The molecule has 136 valence electrons. The zero-order valence-corrected chi connectivity index (χ0v) is 16.5. The minimum atomic E-state index is -0.329. The fourth-order valence-corrected chi connectivity index (χ4v) is 4.47. The van der Waals surface area contributed by atoms with E-state index in [2.05, 4.69) is 28.5 Å². The summed E-state index contributed by atoms with van der Waals surface area (Å²) >= 11 is 3.05. The molecule has 4 aromatic rings. The number of aryl methyl sites for hydroxylation is 2. The summed E-state index contributed by atoms with van der Waals surface area (Å²) in [5.41, 5.74) is 4.50. The van der Waals surface area contributed by atoms with Crippen LogP contribution in [-0.2, 0) is 5.75 Å². The minimum Gasteiger partial charge on any atom is -0.423 e. The first-order valence-electron chi connectivity index (χ1n) is 8.41. The number of aromatic nitrogens is 2. The van der Waals surface area contributed by atoms with Gasteiger partial charge in [-0.25, -0.2) is 4.79 Å². The summed E-state index contributed by atoms with van der Waals surface area (Å²) < 4.78 is 6.21. The van der Waals surface area contributed by atoms with E-state index >= 15 is 0 Å². The van der Waals surface area contributed by atoms with Crippen molar-refractivity contribution in [1.29, 1.82) is 0 Å². The van der Waals surface area contributed by atoms with Crippen LogP contribution in [0.2, 0.25) is 0 Å². The van der Waals surface area contributed by atoms with E-state index in [9.17, 15) is 4.79 Å². The molecule has 4 rings (SSSR count). The number of anilines is 2. The molecule has 2 aromatic heterocycles. The maximum atomic E-state index is 11.9. The number of para-hydroxylation sites is 1. The second-order valence-electron chi connectivity index (χ2n) is 6.18. The number of hydrogen-bond acceptors (Lipinski definition) is 7. The Bertz CT molecular complexity index is 1150. The average Bonchev–Trinajstić information content (AvgIpc) is 3.09. The topological polar surface area (TPSA) is 68.0 Å². The molecule has 0 saturated heterocycles. The van der Waals surface area contributed by atoms with Gasteiger partial charge >= 0.3 is 5.63 Å². The van der Waals surface area contributed by atoms with E-state index in [-0.39, 0.29) is 5.63 Å². The number of hydrogen-bond donors (Lipinski definition) is 1. The van der Waals surface area contributed by atoms with Crippen molar-refractivity contribution in [2.75, 3.05) is 5.32 Å². The van der Waals surface area contributed by atoms with Crippen LogP contribution in [0.3, 0.4) is 0 Å². The third-order valence-corrected chi connectivity index (χ3v) is 6.25. The normalized spacial score (nSPS) is 11.0. The largest absolute Gasteiger partial charge is 0.423 e. The number of fused-ring (bicyclic) bond motifs is 1. The van der Waals surface area contributed by atoms with E-state index < -0.39 is 0 Å². The van der Waals surface area contributed by atoms with Crippen LogP contribution in [0.15, 0.2) is 62.1 Å². The molecule has 0 aliphatic rings. The Morgan fingerprint density at radius 1 is 1.07 bits per heavy atom. The molecule has 0 fully saturated rings. The number of rotatable bonds is 5. The van der Waals surface area contributed by atoms with Crippen LogP contribution in [0.25, 0.3) is 11.0 Å². The van der Waals surface area contributed by atoms with Crippen LogP contribution >= 0.6 is 23.1 Å². The molecule has 0 aliphatic carbocycles. The Kier molecular flexibility index (Phi) is 4.96. The highest BCUT2D eigenvalue weighted by Gasteiger charge is 2.11. The van der Waals surface area contributed by atoms with Gasteiger partial charge in [0.15, 0.2) is 4.34 Å². The van der Waals surface area contributed by atoms with Gasteiger partial charge in [-0.3, -0.25) is 0 Å². The summed E-state index contributed by atoms with van der Waals surface area (Å²) in [7, 11) is 0. The van der Waals surface area contributed by atoms with Gasteiger partial charge in [-0.1, -0.05) is 41.3 Å². The van der Waals surface area contributed by atoms with E-state index in [4.69, 9.17) is 4.42 Å². The molecule has 7 heteroatoms. The summed E-state index contributed by atoms with van der Waals surface area (Å²) in [4.78, 5) is 11.9. The lowest BCUT2D eigenvalue weighted by atomic mass is 10.0. The molecule has 0 bridgehead atoms. The fraction of sp³-hybridized carbons (Fsp3) is 0.150. The standard InChI is InChI=1S/C20H17N3O2S2/c1-12-8-16-14(10-18(24)25-17(16)9-13(12)2)11-26-20-23-22-19(27-20)21-15-6-4-3-5-7-15/h3-10H,11H2,1-2H3,(H,21,22). The Hall–Kier alpha value is -2.64. The lowest BCUT2D eigenvalue weighted by Crippen LogP contribution is -2.00. The third kappa shape index (κ3) is 4.04. The van der Waals surface area contributed by atoms with E-state index in [1.807, 2.05) is 43.3 Å². The van der Waals surface area contributed by atoms with Gasteiger partial charge in [-0.05, 0) is 54.8 Å². The molecule has 0 spiro atoms. The van der Waals surface area contributed by atoms with Gasteiger partial charge in [0.25, 0.3) is 0 Å². The molecule has 0 atom stereocenters. The summed E-state index contributed by atoms with van der Waals surface area (Å²) in [5, 5.41) is 13.4. The monoisotopic (exact) mass is 395 g/mol. The smallest absolute Gasteiger partial charge is 0.336 e. The first-order chi connectivity index (χ1) is 13.1. The van der Waals surface area contributed by atoms with Crippen LogP contribution in [0.1, 0.15) is 16.7 Å². The molecule has 0 saturated carbocycles. The number of thioether (sulfide) groups is 1. The SMILES string of the molecule is Cc1cc2oc(=O)cc(CSc3nnc(Nc4ccccc4)s3)c2cc1C. The van der Waals surface area contributed by atoms with E-state index in [1.165, 1.54) is 16.9 Å². The predicted octanol–water partition coefficient (Wildman–Crippen LogP) is 5.30. The van der Waals surface area contributed by atoms with Crippen LogP contribution in [0.4, 0.5) is 10.8 Å². The zero-order chi connectivity index (χ0) is 18.8. The van der Waals surface area contributed by atoms with Crippen molar-refractivity contribution in [2.24, 2.45) is 0 Å². The zero-order valence-electron chi connectivity index (χ0n) is 14.9. The van der Waals surface area contributed by atoms with Crippen LogP contribution in [0.5, 0.6) is 0 Å². The Morgan fingerprint density at radius 2 is 1.85 bits per heavy atom. The van der Waals surface area contributed by atoms with Gasteiger partial charge in [-0.2, -0.15) is 0 Å². The van der Waals surface area contributed by atoms with Gasteiger partial charge in [0.1, 0.15) is 5.58 Å². The number of nitrogens with one attached hydrogen (secondary N) is 1. The summed E-state index contributed by atoms with van der Waals surface area (Å²) in [6, 6.07) is 15.4. The first-order valence-corrected chi connectivity index (χ1v) is 10.2. The maximum absolute atomic E-state index is 11.9. The van der Waals surface area contributed by atoms with Gasteiger partial charge in [0.2, 0.25) is 5.13 Å². The molecular weight excluding hydrogens is 378 g/mol. The van der Waals surface area contributed by atoms with Crippen molar-refractivity contribution in [3.63, 3.8) is 0 Å². The number of benzene rings is 2. The highest BCUT2D eigenvalue weighted by atomic mass is 32.2. The van der Waals surface area contributed by atoms with E-state index in [1.54, 1.807) is 17.8 Å². The lowest BCUT2D eigenvalue weighted by molar-refractivity contribution is 0.559. The molecule has 27 heavy (non-hydrogen) atoms. The quantitative estimate of drug-likeness (QED) is 0.365. The van der Waals surface area contributed by atoms with E-state index in [0.717, 1.165) is 31.7 Å². The molecule has 1 N–H and O–H groups in total. The number of nitrogens with zero attached hydrogens (tertiary/aromatic N) is 2. The van der Waals surface area contributed by atoms with Gasteiger partial charge in [0, 0.05) is 22.9 Å². The van der Waals surface area contributed by atoms with Gasteiger partial charge in [0.05, 0.1) is 0 Å². The van der Waals surface area contributed by atoms with Crippen molar-refractivity contribution >= 4 is 44.9 Å². The summed E-state index contributed by atoms with van der Waals surface area (Å²) in [6.45, 7) is 4.07. The second kappa shape index (κ2) is 7.54. The molecule has 5 nitrogen and oxygen atoms in total. The van der Waals surface area contributed by atoms with Crippen molar-refractivity contribution in [3.05, 3.63) is 75.6 Å². The van der Waals surface area contributed by atoms with Crippen LogP contribution in [0, 0.1) is 13.8 Å². The summed E-state index contributed by atoms with van der Waals surface area (Å²) in [6.07, 6.45) is 0. The molecule has 0 aliphatic heterocycles. The van der Waals surface area contributed by atoms with Crippen molar-refractivity contribution < 1.29 is 4.42 Å². The van der Waals surface area contributed by atoms with Gasteiger partial charge < -0.3 is 9.73 Å². The maximum Gasteiger partial charge on any atom is 0.336 e. The van der Waals surface area contributed by atoms with Gasteiger partial charge in [-0.15, -0.1) is 10.2 Å².